The number of aryl methyl sites for hydroxylation is 2. The predicted molar refractivity (Wildman–Crippen MR) is 175 cm³/mol. The maximum absolute atomic E-state index is 12.9. The first-order valence-corrected chi connectivity index (χ1v) is 18.6. The molecule has 0 amide bonds. The Morgan fingerprint density at radius 3 is 2.11 bits per heavy atom. The van der Waals surface area contributed by atoms with Gasteiger partial charge in [0.2, 0.25) is 0 Å². The number of nitrogens with zero attached hydrogens (tertiary/aromatic N) is 2. The summed E-state index contributed by atoms with van der Waals surface area (Å²) in [6.07, 6.45) is 0. The summed E-state index contributed by atoms with van der Waals surface area (Å²) >= 11 is 6.67. The number of fused-ring (bicyclic) bond motifs is 4. The van der Waals surface area contributed by atoms with Crippen molar-refractivity contribution in [3.05, 3.63) is 55.8 Å². The van der Waals surface area contributed by atoms with Gasteiger partial charge in [-0.25, -0.2) is 9.98 Å². The van der Waals surface area contributed by atoms with Crippen LogP contribution in [0, 0.1) is 13.8 Å². The molecule has 2 aliphatic heterocycles. The Morgan fingerprint density at radius 2 is 1.49 bits per heavy atom. The molecular weight excluding hydrogens is 814 g/mol. The predicted octanol–water partition coefficient (Wildman–Crippen LogP) is 5.06. The van der Waals surface area contributed by atoms with E-state index in [0.29, 0.717) is 11.1 Å². The summed E-state index contributed by atoms with van der Waals surface area (Å²) in [4.78, 5) is 5.66. The van der Waals surface area contributed by atoms with Gasteiger partial charge in [-0.1, -0.05) is 6.07 Å². The van der Waals surface area contributed by atoms with E-state index in [1.54, 1.807) is 19.9 Å². The molecule has 1 aliphatic carbocycles. The van der Waals surface area contributed by atoms with Crippen LogP contribution in [-0.2, 0) is 30.4 Å². The SMILES string of the molecule is Cc1cc(C)c(N=c2c(S(=O)(=O)O)cc3nc4c(Br)c5c(c(Br)c4oc-3c2S(=O)(=O)O)Nc2ccc(N)c(S(=O)(=O)O)c2O5)cc1N. The van der Waals surface area contributed by atoms with Crippen molar-refractivity contribution in [1.82, 2.24) is 4.98 Å². The summed E-state index contributed by atoms with van der Waals surface area (Å²) in [7, 11) is -15.5. The number of ether oxygens (including phenoxy) is 1. The van der Waals surface area contributed by atoms with E-state index in [4.69, 9.17) is 20.6 Å². The van der Waals surface area contributed by atoms with Gasteiger partial charge in [-0.3, -0.25) is 13.7 Å². The number of anilines is 4. The van der Waals surface area contributed by atoms with Gasteiger partial charge in [-0.2, -0.15) is 25.3 Å². The molecule has 0 saturated carbocycles. The minimum absolute atomic E-state index is 0.0143. The number of rotatable bonds is 4. The zero-order chi connectivity index (χ0) is 34.5. The van der Waals surface area contributed by atoms with Gasteiger partial charge < -0.3 is 25.9 Å². The minimum Gasteiger partial charge on any atom is -0.450 e. The first-order valence-electron chi connectivity index (χ1n) is 12.7. The van der Waals surface area contributed by atoms with Gasteiger partial charge in [-0.15, -0.1) is 0 Å². The number of nitrogen functional groups attached to an aromatic ring is 2. The van der Waals surface area contributed by atoms with Crippen LogP contribution in [0.5, 0.6) is 11.5 Å². The smallest absolute Gasteiger partial charge is 0.300 e. The maximum Gasteiger partial charge on any atom is 0.300 e. The molecule has 0 radical (unpaired) electrons. The first kappa shape index (κ1) is 33.1. The largest absolute Gasteiger partial charge is 0.450 e. The van der Waals surface area contributed by atoms with Gasteiger partial charge in [0.1, 0.15) is 27.2 Å². The Morgan fingerprint density at radius 1 is 0.830 bits per heavy atom. The number of halogens is 2. The molecule has 3 aliphatic rings. The highest BCUT2D eigenvalue weighted by molar-refractivity contribution is 9.11. The molecule has 0 saturated heterocycles. The average Bonchev–Trinajstić information content (AvgIpc) is 2.94. The normalized spacial score (nSPS) is 13.7. The van der Waals surface area contributed by atoms with Crippen molar-refractivity contribution in [3.63, 3.8) is 0 Å². The lowest BCUT2D eigenvalue weighted by atomic mass is 10.1. The molecule has 3 aromatic rings. The number of benzene rings is 4. The molecule has 3 aromatic carbocycles. The number of aromatic nitrogens is 1. The van der Waals surface area contributed by atoms with Gasteiger partial charge in [0.25, 0.3) is 20.2 Å². The number of hydrogen-bond donors (Lipinski definition) is 6. The van der Waals surface area contributed by atoms with Crippen molar-refractivity contribution in [2.45, 2.75) is 28.5 Å². The zero-order valence-electron chi connectivity index (χ0n) is 23.5. The highest BCUT2D eigenvalue weighted by Crippen LogP contribution is 2.55. The van der Waals surface area contributed by atoms with Crippen LogP contribution in [0.25, 0.3) is 22.6 Å². The number of nitrogens with one attached hydrogen (secondary N) is 1. The zero-order valence-corrected chi connectivity index (χ0v) is 29.1. The summed E-state index contributed by atoms with van der Waals surface area (Å²) in [5.41, 5.74) is 12.3. The fourth-order valence-corrected chi connectivity index (χ4v) is 8.30. The Labute approximate surface area is 282 Å². The summed E-state index contributed by atoms with van der Waals surface area (Å²) in [6, 6.07) is 6.36. The molecule has 0 fully saturated rings. The third-order valence-electron chi connectivity index (χ3n) is 7.08. The molecule has 0 spiro atoms. The third-order valence-corrected chi connectivity index (χ3v) is 11.3. The highest BCUT2D eigenvalue weighted by Gasteiger charge is 2.35. The van der Waals surface area contributed by atoms with E-state index in [1.807, 2.05) is 0 Å². The summed E-state index contributed by atoms with van der Waals surface area (Å²) < 4.78 is 118. The Bertz CT molecular complexity index is 2630. The standard InChI is InChI=1S/C26H19Br2N5O11S3/c1-8-5-9(2)13(6-11(8)30)32-18-15(45(34,35)36)7-14-22(26(18)47(40,41)42)44-24-16(27)19-23(17(28)20(24)33-14)43-21-12(31-19)4-3-10(29)25(21)46(37,38)39/h3-7,31H,29-30H2,1-2H3,(H,34,35,36)(H,37,38,39)(H,40,41,42). The van der Waals surface area contributed by atoms with E-state index >= 15 is 0 Å². The summed E-state index contributed by atoms with van der Waals surface area (Å²) in [6.45, 7) is 3.31. The van der Waals surface area contributed by atoms with Crippen LogP contribution in [0.1, 0.15) is 11.1 Å². The van der Waals surface area contributed by atoms with Crippen molar-refractivity contribution in [2.24, 2.45) is 4.99 Å². The van der Waals surface area contributed by atoms with Crippen molar-refractivity contribution >= 4 is 102 Å². The van der Waals surface area contributed by atoms with Crippen LogP contribution >= 0.6 is 31.9 Å². The molecule has 8 N–H and O–H groups in total. The van der Waals surface area contributed by atoms with Gasteiger partial charge in [-0.05, 0) is 81.1 Å². The Balaban J connectivity index is 1.74. The maximum atomic E-state index is 12.9. The quantitative estimate of drug-likeness (QED) is 0.0769. The van der Waals surface area contributed by atoms with Crippen molar-refractivity contribution in [2.75, 3.05) is 16.8 Å². The van der Waals surface area contributed by atoms with Gasteiger partial charge >= 0.3 is 10.1 Å². The fourth-order valence-electron chi connectivity index (χ4n) is 4.95. The van der Waals surface area contributed by atoms with Crippen LogP contribution in [0.4, 0.5) is 28.4 Å². The van der Waals surface area contributed by atoms with Crippen LogP contribution in [-0.4, -0.2) is 43.9 Å². The Hall–Kier alpha value is -3.83. The van der Waals surface area contributed by atoms with Crippen molar-refractivity contribution in [3.8, 4) is 23.0 Å². The second kappa shape index (κ2) is 10.8. The first-order chi connectivity index (χ1) is 21.7. The minimum atomic E-state index is -5.36. The molecule has 16 nitrogen and oxygen atoms in total. The van der Waals surface area contributed by atoms with Gasteiger partial charge in [0.05, 0.1) is 26.0 Å². The molecule has 47 heavy (non-hydrogen) atoms. The van der Waals surface area contributed by atoms with Crippen LogP contribution in [0.2, 0.25) is 0 Å². The molecule has 6 rings (SSSR count). The van der Waals surface area contributed by atoms with E-state index in [0.717, 1.165) is 6.07 Å². The van der Waals surface area contributed by atoms with Crippen LogP contribution < -0.4 is 26.9 Å². The third kappa shape index (κ3) is 5.51. The second-order valence-electron chi connectivity index (χ2n) is 10.2. The topological polar surface area (TPSA) is 275 Å². The van der Waals surface area contributed by atoms with Gasteiger partial charge in [0.15, 0.2) is 32.6 Å². The van der Waals surface area contributed by atoms with Crippen LogP contribution in [0.3, 0.4) is 0 Å². The molecule has 21 heteroatoms. The summed E-state index contributed by atoms with van der Waals surface area (Å²) in [5, 5.41) is 2.06. The fraction of sp³-hybridized carbons (Fsp3) is 0.0769. The van der Waals surface area contributed by atoms with E-state index in [1.165, 1.54) is 18.2 Å². The van der Waals surface area contributed by atoms with Gasteiger partial charge in [0, 0.05) is 5.69 Å². The van der Waals surface area contributed by atoms with Crippen molar-refractivity contribution < 1.29 is 48.1 Å². The number of hydrogen-bond acceptors (Lipinski definition) is 13. The van der Waals surface area contributed by atoms with Crippen LogP contribution in [0.15, 0.2) is 63.4 Å². The van der Waals surface area contributed by atoms with E-state index in [9.17, 15) is 38.9 Å². The van der Waals surface area contributed by atoms with E-state index in [-0.39, 0.29) is 60.0 Å². The second-order valence-corrected chi connectivity index (χ2v) is 15.9. The molecule has 0 atom stereocenters. The molecular formula is C26H19Br2N5O11S3. The molecule has 0 aromatic heterocycles. The van der Waals surface area contributed by atoms with Crippen molar-refractivity contribution in [1.29, 1.82) is 0 Å². The molecule has 246 valence electrons. The molecule has 0 unspecified atom stereocenters. The lowest BCUT2D eigenvalue weighted by Gasteiger charge is -2.26. The van der Waals surface area contributed by atoms with E-state index < -0.39 is 61.9 Å². The molecule has 2 heterocycles. The lowest BCUT2D eigenvalue weighted by molar-refractivity contribution is 0.447. The Kier molecular flexibility index (Phi) is 7.64. The lowest BCUT2D eigenvalue weighted by Crippen LogP contribution is -2.24. The highest BCUT2D eigenvalue weighted by atomic mass is 79.9. The van der Waals surface area contributed by atoms with E-state index in [2.05, 4.69) is 47.2 Å². The summed E-state index contributed by atoms with van der Waals surface area (Å²) in [5.74, 6) is -1.10. The molecule has 0 bridgehead atoms. The average molecular weight is 833 g/mol. The number of nitrogens with two attached hydrogens (primary N) is 2. The monoisotopic (exact) mass is 831 g/mol.